The molecular weight excluding hydrogens is 252 g/mol. The normalized spacial score (nSPS) is 20.5. The van der Waals surface area contributed by atoms with Crippen molar-refractivity contribution in [2.45, 2.75) is 12.3 Å². The highest BCUT2D eigenvalue weighted by atomic mass is 19.3. The van der Waals surface area contributed by atoms with Gasteiger partial charge < -0.3 is 0 Å². The summed E-state index contributed by atoms with van der Waals surface area (Å²) in [6.45, 7) is 0. The molecule has 0 unspecified atom stereocenters. The van der Waals surface area contributed by atoms with Gasteiger partial charge in [-0.2, -0.15) is 0 Å². The van der Waals surface area contributed by atoms with Crippen LogP contribution in [0.25, 0.3) is 0 Å². The number of halogens is 2. The quantitative estimate of drug-likeness (QED) is 0.729. The number of imide groups is 1. The highest BCUT2D eigenvalue weighted by Gasteiger charge is 2.41. The van der Waals surface area contributed by atoms with Crippen LogP contribution in [0, 0.1) is 0 Å². The molecule has 0 saturated carbocycles. The molecule has 0 atom stereocenters. The summed E-state index contributed by atoms with van der Waals surface area (Å²) in [5.74, 6) is -4.12. The van der Waals surface area contributed by atoms with Crippen molar-refractivity contribution >= 4 is 11.8 Å². The SMILES string of the molecule is O=C1c2ccccc2C(=O)N1C1=CC=CC(F)(F)C1. The first-order chi connectivity index (χ1) is 8.99. The van der Waals surface area contributed by atoms with Gasteiger partial charge in [0.05, 0.1) is 17.5 Å². The van der Waals surface area contributed by atoms with Crippen molar-refractivity contribution in [1.29, 1.82) is 0 Å². The number of alkyl halides is 2. The molecule has 1 aliphatic carbocycles. The van der Waals surface area contributed by atoms with Gasteiger partial charge in [-0.25, -0.2) is 13.7 Å². The summed E-state index contributed by atoms with van der Waals surface area (Å²) in [6.07, 6.45) is 2.66. The van der Waals surface area contributed by atoms with E-state index in [0.29, 0.717) is 0 Å². The Hall–Kier alpha value is -2.30. The molecule has 0 radical (unpaired) electrons. The van der Waals surface area contributed by atoms with E-state index < -0.39 is 24.2 Å². The standard InChI is InChI=1S/C14H9F2NO2/c15-14(16)7-3-4-9(8-14)17-12(18)10-5-1-2-6-11(10)13(17)19/h1-7H,8H2. The number of carbonyl (C=O) groups excluding carboxylic acids is 2. The second-order valence-corrected chi connectivity index (χ2v) is 4.45. The number of carbonyl (C=O) groups is 2. The van der Waals surface area contributed by atoms with E-state index >= 15 is 0 Å². The van der Waals surface area contributed by atoms with Crippen molar-refractivity contribution in [3.8, 4) is 0 Å². The predicted octanol–water partition coefficient (Wildman–Crippen LogP) is 2.76. The Morgan fingerprint density at radius 3 is 2.16 bits per heavy atom. The maximum absolute atomic E-state index is 13.3. The molecular formula is C14H9F2NO2. The number of hydrogen-bond acceptors (Lipinski definition) is 2. The van der Waals surface area contributed by atoms with E-state index in [4.69, 9.17) is 0 Å². The molecule has 0 spiro atoms. The average molecular weight is 261 g/mol. The van der Waals surface area contributed by atoms with Gasteiger partial charge in [-0.05, 0) is 24.3 Å². The fourth-order valence-electron chi connectivity index (χ4n) is 2.26. The van der Waals surface area contributed by atoms with E-state index in [1.54, 1.807) is 12.1 Å². The number of hydrogen-bond donors (Lipinski definition) is 0. The van der Waals surface area contributed by atoms with Crippen LogP contribution in [0.1, 0.15) is 27.1 Å². The van der Waals surface area contributed by atoms with Gasteiger partial charge in [0.25, 0.3) is 17.7 Å². The topological polar surface area (TPSA) is 37.4 Å². The highest BCUT2D eigenvalue weighted by Crippen LogP contribution is 2.34. The monoisotopic (exact) mass is 261 g/mol. The Morgan fingerprint density at radius 1 is 1.05 bits per heavy atom. The van der Waals surface area contributed by atoms with E-state index in [1.807, 2.05) is 0 Å². The molecule has 1 aromatic rings. The molecule has 96 valence electrons. The number of fused-ring (bicyclic) bond motifs is 1. The van der Waals surface area contributed by atoms with Crippen LogP contribution < -0.4 is 0 Å². The van der Waals surface area contributed by atoms with Crippen LogP contribution >= 0.6 is 0 Å². The van der Waals surface area contributed by atoms with Crippen molar-refractivity contribution < 1.29 is 18.4 Å². The van der Waals surface area contributed by atoms with E-state index in [-0.39, 0.29) is 16.8 Å². The van der Waals surface area contributed by atoms with Crippen LogP contribution in [0.15, 0.2) is 48.2 Å². The second kappa shape index (κ2) is 3.85. The lowest BCUT2D eigenvalue weighted by Crippen LogP contribution is -2.33. The minimum Gasteiger partial charge on any atom is -0.268 e. The summed E-state index contributed by atoms with van der Waals surface area (Å²) in [7, 11) is 0. The van der Waals surface area contributed by atoms with Crippen molar-refractivity contribution in [2.24, 2.45) is 0 Å². The Balaban J connectivity index is 2.02. The Morgan fingerprint density at radius 2 is 1.63 bits per heavy atom. The zero-order valence-electron chi connectivity index (χ0n) is 9.77. The minimum absolute atomic E-state index is 0.0266. The van der Waals surface area contributed by atoms with Gasteiger partial charge in [0.2, 0.25) is 0 Å². The Kier molecular flexibility index (Phi) is 2.38. The van der Waals surface area contributed by atoms with Crippen molar-refractivity contribution in [3.63, 3.8) is 0 Å². The van der Waals surface area contributed by atoms with E-state index in [2.05, 4.69) is 0 Å². The number of allylic oxidation sites excluding steroid dienone is 4. The molecule has 2 amide bonds. The van der Waals surface area contributed by atoms with Crippen molar-refractivity contribution in [3.05, 3.63) is 59.3 Å². The smallest absolute Gasteiger partial charge is 0.268 e. The van der Waals surface area contributed by atoms with Gasteiger partial charge in [0.15, 0.2) is 0 Å². The predicted molar refractivity (Wildman–Crippen MR) is 63.7 cm³/mol. The number of nitrogens with zero attached hydrogens (tertiary/aromatic N) is 1. The lowest BCUT2D eigenvalue weighted by atomic mass is 10.1. The van der Waals surface area contributed by atoms with Crippen LogP contribution in [0.5, 0.6) is 0 Å². The zero-order chi connectivity index (χ0) is 13.6. The van der Waals surface area contributed by atoms with Gasteiger partial charge in [-0.3, -0.25) is 9.59 Å². The fraction of sp³-hybridized carbons (Fsp3) is 0.143. The first kappa shape index (κ1) is 11.8. The highest BCUT2D eigenvalue weighted by molar-refractivity contribution is 6.22. The molecule has 1 aromatic carbocycles. The van der Waals surface area contributed by atoms with Gasteiger partial charge in [0, 0.05) is 5.70 Å². The first-order valence-corrected chi connectivity index (χ1v) is 5.74. The van der Waals surface area contributed by atoms with Crippen LogP contribution in [-0.2, 0) is 0 Å². The van der Waals surface area contributed by atoms with Crippen LogP contribution in [0.4, 0.5) is 8.78 Å². The van der Waals surface area contributed by atoms with Gasteiger partial charge in [-0.15, -0.1) is 0 Å². The average Bonchev–Trinajstić information content (AvgIpc) is 2.61. The lowest BCUT2D eigenvalue weighted by molar-refractivity contribution is 0.0431. The van der Waals surface area contributed by atoms with Gasteiger partial charge in [-0.1, -0.05) is 18.2 Å². The molecule has 3 rings (SSSR count). The third-order valence-electron chi connectivity index (χ3n) is 3.13. The van der Waals surface area contributed by atoms with Crippen LogP contribution in [0.2, 0.25) is 0 Å². The maximum Gasteiger partial charge on any atom is 0.272 e. The van der Waals surface area contributed by atoms with Gasteiger partial charge >= 0.3 is 0 Å². The molecule has 3 nitrogen and oxygen atoms in total. The third kappa shape index (κ3) is 1.78. The van der Waals surface area contributed by atoms with Crippen molar-refractivity contribution in [1.82, 2.24) is 4.90 Å². The minimum atomic E-state index is -3.03. The molecule has 1 aliphatic heterocycles. The molecule has 0 saturated heterocycles. The summed E-state index contributed by atoms with van der Waals surface area (Å²) < 4.78 is 26.6. The van der Waals surface area contributed by atoms with E-state index in [9.17, 15) is 18.4 Å². The molecule has 0 N–H and O–H groups in total. The molecule has 1 heterocycles. The van der Waals surface area contributed by atoms with Crippen LogP contribution in [-0.4, -0.2) is 22.6 Å². The fourth-order valence-corrected chi connectivity index (χ4v) is 2.26. The molecule has 2 aliphatic rings. The summed E-state index contributed by atoms with van der Waals surface area (Å²) in [6, 6.07) is 6.31. The van der Waals surface area contributed by atoms with E-state index in [1.165, 1.54) is 24.3 Å². The lowest BCUT2D eigenvalue weighted by Gasteiger charge is -2.23. The molecule has 19 heavy (non-hydrogen) atoms. The van der Waals surface area contributed by atoms with Crippen LogP contribution in [0.3, 0.4) is 0 Å². The maximum atomic E-state index is 13.3. The molecule has 0 bridgehead atoms. The Bertz CT molecular complexity index is 612. The van der Waals surface area contributed by atoms with Gasteiger partial charge in [0.1, 0.15) is 0 Å². The zero-order valence-corrected chi connectivity index (χ0v) is 9.77. The molecule has 5 heteroatoms. The summed E-state index contributed by atoms with van der Waals surface area (Å²) in [5, 5.41) is 0. The number of rotatable bonds is 1. The largest absolute Gasteiger partial charge is 0.272 e. The third-order valence-corrected chi connectivity index (χ3v) is 3.13. The summed E-state index contributed by atoms with van der Waals surface area (Å²) in [4.78, 5) is 25.1. The second-order valence-electron chi connectivity index (χ2n) is 4.45. The number of amides is 2. The van der Waals surface area contributed by atoms with E-state index in [0.717, 1.165) is 11.0 Å². The number of benzene rings is 1. The first-order valence-electron chi connectivity index (χ1n) is 5.74. The van der Waals surface area contributed by atoms with Crippen molar-refractivity contribution in [2.75, 3.05) is 0 Å². The summed E-state index contributed by atoms with van der Waals surface area (Å²) >= 11 is 0. The molecule has 0 aromatic heterocycles. The summed E-state index contributed by atoms with van der Waals surface area (Å²) in [5.41, 5.74) is 0.538. The Labute approximate surface area is 107 Å². The molecule has 0 fully saturated rings.